The normalized spacial score (nSPS) is 12.4. The van der Waals surface area contributed by atoms with Crippen LogP contribution in [0.4, 0.5) is 23.7 Å². The van der Waals surface area contributed by atoms with Gasteiger partial charge in [-0.25, -0.2) is 9.31 Å². The summed E-state index contributed by atoms with van der Waals surface area (Å²) in [6, 6.07) is 8.09. The second kappa shape index (κ2) is 6.29. The van der Waals surface area contributed by atoms with E-state index in [1.54, 1.807) is 49.8 Å². The number of fused-ring (bicyclic) bond motifs is 1. The fraction of sp³-hybridized carbons (Fsp3) is 0.263. The summed E-state index contributed by atoms with van der Waals surface area (Å²) < 4.78 is 39.9. The lowest BCUT2D eigenvalue weighted by atomic mass is 10.0. The number of pyridine rings is 1. The Bertz CT molecular complexity index is 986. The Morgan fingerprint density at radius 1 is 1.11 bits per heavy atom. The van der Waals surface area contributed by atoms with Crippen LogP contribution in [0.25, 0.3) is 16.6 Å². The Morgan fingerprint density at radius 2 is 1.74 bits per heavy atom. The number of nitrogens with zero attached hydrogens (tertiary/aromatic N) is 3. The number of benzene rings is 1. The average molecular weight is 377 g/mol. The summed E-state index contributed by atoms with van der Waals surface area (Å²) in [6.07, 6.45) is -2.33. The van der Waals surface area contributed by atoms with Gasteiger partial charge in [-0.05, 0) is 50.6 Å². The van der Waals surface area contributed by atoms with Crippen molar-refractivity contribution in [1.29, 1.82) is 0 Å². The molecule has 0 aliphatic carbocycles. The van der Waals surface area contributed by atoms with Gasteiger partial charge in [-0.3, -0.25) is 4.90 Å². The van der Waals surface area contributed by atoms with Gasteiger partial charge in [-0.15, -0.1) is 0 Å². The molecule has 2 aromatic heterocycles. The number of rotatable bonds is 2. The lowest BCUT2D eigenvalue weighted by Gasteiger charge is -2.33. The Balaban J connectivity index is 2.09. The van der Waals surface area contributed by atoms with Crippen LogP contribution in [0.15, 0.2) is 48.8 Å². The minimum absolute atomic E-state index is 0.455. The second-order valence-corrected chi connectivity index (χ2v) is 7.14. The molecule has 5 nitrogen and oxygen atoms in total. The standard InChI is InChI=1S/C19H18F3N3O2/c1-18(2,3)25(17(26)27)14-8-9-24-16(10-14)15(11-23-24)12-4-6-13(7-5-12)19(20,21)22/h4-11H,1-3H3,(H,26,27). The van der Waals surface area contributed by atoms with E-state index in [0.717, 1.165) is 12.1 Å². The van der Waals surface area contributed by atoms with Crippen LogP contribution in [0, 0.1) is 0 Å². The molecule has 8 heteroatoms. The second-order valence-electron chi connectivity index (χ2n) is 7.14. The number of halogens is 3. The van der Waals surface area contributed by atoms with Crippen molar-refractivity contribution >= 4 is 17.3 Å². The van der Waals surface area contributed by atoms with E-state index in [1.807, 2.05) is 0 Å². The first-order valence-corrected chi connectivity index (χ1v) is 8.16. The van der Waals surface area contributed by atoms with Crippen molar-refractivity contribution < 1.29 is 23.1 Å². The summed E-state index contributed by atoms with van der Waals surface area (Å²) in [5, 5.41) is 13.8. The van der Waals surface area contributed by atoms with Gasteiger partial charge in [-0.2, -0.15) is 18.3 Å². The molecule has 0 atom stereocenters. The molecule has 0 saturated heterocycles. The summed E-state index contributed by atoms with van der Waals surface area (Å²) in [5.41, 5.74) is 0.836. The zero-order valence-electron chi connectivity index (χ0n) is 14.9. The van der Waals surface area contributed by atoms with Crippen molar-refractivity contribution in [3.8, 4) is 11.1 Å². The van der Waals surface area contributed by atoms with Gasteiger partial charge >= 0.3 is 12.3 Å². The zero-order valence-corrected chi connectivity index (χ0v) is 14.9. The summed E-state index contributed by atoms with van der Waals surface area (Å²) in [6.45, 7) is 5.33. The van der Waals surface area contributed by atoms with Crippen LogP contribution in [0.5, 0.6) is 0 Å². The fourth-order valence-electron chi connectivity index (χ4n) is 2.95. The maximum atomic E-state index is 12.8. The molecule has 0 aliphatic rings. The minimum Gasteiger partial charge on any atom is -0.465 e. The molecule has 1 amide bonds. The van der Waals surface area contributed by atoms with Crippen LogP contribution < -0.4 is 4.90 Å². The molecule has 0 radical (unpaired) electrons. The lowest BCUT2D eigenvalue weighted by molar-refractivity contribution is -0.137. The molecule has 3 rings (SSSR count). The highest BCUT2D eigenvalue weighted by Crippen LogP contribution is 2.33. The number of anilines is 1. The molecule has 0 bridgehead atoms. The molecule has 0 unspecified atom stereocenters. The van der Waals surface area contributed by atoms with Crippen LogP contribution >= 0.6 is 0 Å². The number of aromatic nitrogens is 2. The van der Waals surface area contributed by atoms with E-state index in [-0.39, 0.29) is 0 Å². The van der Waals surface area contributed by atoms with Crippen LogP contribution in [0.1, 0.15) is 26.3 Å². The third-order valence-corrected chi connectivity index (χ3v) is 4.15. The highest BCUT2D eigenvalue weighted by Gasteiger charge is 2.30. The molecular formula is C19H18F3N3O2. The number of carbonyl (C=O) groups is 1. The fourth-order valence-corrected chi connectivity index (χ4v) is 2.95. The van der Waals surface area contributed by atoms with Crippen molar-refractivity contribution in [1.82, 2.24) is 9.61 Å². The Hall–Kier alpha value is -3.03. The quantitative estimate of drug-likeness (QED) is 0.659. The van der Waals surface area contributed by atoms with Gasteiger partial charge in [0.15, 0.2) is 0 Å². The van der Waals surface area contributed by atoms with Gasteiger partial charge in [0.25, 0.3) is 0 Å². The molecule has 1 N–H and O–H groups in total. The van der Waals surface area contributed by atoms with Crippen LogP contribution in [0.2, 0.25) is 0 Å². The third-order valence-electron chi connectivity index (χ3n) is 4.15. The van der Waals surface area contributed by atoms with Gasteiger partial charge in [0.05, 0.1) is 23.0 Å². The molecule has 2 heterocycles. The SMILES string of the molecule is CC(C)(C)N(C(=O)O)c1ccn2ncc(-c3ccc(C(F)(F)F)cc3)c2c1. The van der Waals surface area contributed by atoms with E-state index >= 15 is 0 Å². The molecule has 3 aromatic rings. The predicted octanol–water partition coefficient (Wildman–Crippen LogP) is 5.30. The van der Waals surface area contributed by atoms with Crippen molar-refractivity contribution in [2.75, 3.05) is 4.90 Å². The first-order chi connectivity index (χ1) is 12.5. The van der Waals surface area contributed by atoms with E-state index in [0.29, 0.717) is 22.3 Å². The Kier molecular flexibility index (Phi) is 4.37. The van der Waals surface area contributed by atoms with E-state index < -0.39 is 23.4 Å². The van der Waals surface area contributed by atoms with Gasteiger partial charge in [0.1, 0.15) is 0 Å². The lowest BCUT2D eigenvalue weighted by Crippen LogP contribution is -2.45. The highest BCUT2D eigenvalue weighted by molar-refractivity contribution is 5.90. The molecule has 0 spiro atoms. The van der Waals surface area contributed by atoms with Crippen LogP contribution in [0.3, 0.4) is 0 Å². The molecule has 142 valence electrons. The minimum atomic E-state index is -4.40. The van der Waals surface area contributed by atoms with Gasteiger partial charge in [0, 0.05) is 17.3 Å². The maximum Gasteiger partial charge on any atom is 0.416 e. The monoisotopic (exact) mass is 377 g/mol. The first kappa shape index (κ1) is 18.8. The third kappa shape index (κ3) is 3.60. The molecule has 27 heavy (non-hydrogen) atoms. The van der Waals surface area contributed by atoms with Crippen LogP contribution in [-0.2, 0) is 6.18 Å². The molecular weight excluding hydrogens is 359 g/mol. The van der Waals surface area contributed by atoms with Crippen molar-refractivity contribution in [3.63, 3.8) is 0 Å². The largest absolute Gasteiger partial charge is 0.465 e. The number of hydrogen-bond acceptors (Lipinski definition) is 2. The molecule has 0 aliphatic heterocycles. The van der Waals surface area contributed by atoms with E-state index in [9.17, 15) is 23.1 Å². The van der Waals surface area contributed by atoms with Gasteiger partial charge in [-0.1, -0.05) is 12.1 Å². The molecule has 0 saturated carbocycles. The van der Waals surface area contributed by atoms with E-state index in [4.69, 9.17) is 0 Å². The number of amides is 1. The van der Waals surface area contributed by atoms with Crippen molar-refractivity contribution in [3.05, 3.63) is 54.4 Å². The molecule has 1 aromatic carbocycles. The Labute approximate surface area is 153 Å². The molecule has 0 fully saturated rings. The van der Waals surface area contributed by atoms with Gasteiger partial charge < -0.3 is 5.11 Å². The summed E-state index contributed by atoms with van der Waals surface area (Å²) in [5.74, 6) is 0. The van der Waals surface area contributed by atoms with Crippen molar-refractivity contribution in [2.24, 2.45) is 0 Å². The number of hydrogen-bond donors (Lipinski definition) is 1. The van der Waals surface area contributed by atoms with E-state index in [1.165, 1.54) is 17.0 Å². The maximum absolute atomic E-state index is 12.8. The van der Waals surface area contributed by atoms with E-state index in [2.05, 4.69) is 5.10 Å². The number of alkyl halides is 3. The topological polar surface area (TPSA) is 57.8 Å². The average Bonchev–Trinajstić information content (AvgIpc) is 2.95. The summed E-state index contributed by atoms with van der Waals surface area (Å²) in [4.78, 5) is 12.9. The Morgan fingerprint density at radius 3 is 2.26 bits per heavy atom. The summed E-state index contributed by atoms with van der Waals surface area (Å²) in [7, 11) is 0. The predicted molar refractivity (Wildman–Crippen MR) is 95.9 cm³/mol. The first-order valence-electron chi connectivity index (χ1n) is 8.16. The highest BCUT2D eigenvalue weighted by atomic mass is 19.4. The van der Waals surface area contributed by atoms with Crippen LogP contribution in [-0.4, -0.2) is 26.4 Å². The number of carboxylic acid groups (broad SMARTS) is 1. The van der Waals surface area contributed by atoms with Gasteiger partial charge in [0.2, 0.25) is 0 Å². The van der Waals surface area contributed by atoms with Crippen molar-refractivity contribution in [2.45, 2.75) is 32.5 Å². The summed E-state index contributed by atoms with van der Waals surface area (Å²) >= 11 is 0. The zero-order chi connectivity index (χ0) is 20.0. The smallest absolute Gasteiger partial charge is 0.416 e.